The fourth-order valence-electron chi connectivity index (χ4n) is 5.59. The van der Waals surface area contributed by atoms with Crippen LogP contribution in [0.4, 0.5) is 0 Å². The molecule has 0 aromatic heterocycles. The van der Waals surface area contributed by atoms with Gasteiger partial charge in [0, 0.05) is 32.1 Å². The van der Waals surface area contributed by atoms with Crippen LogP contribution in [0.5, 0.6) is 0 Å². The maximum absolute atomic E-state index is 12.7. The number of aliphatic hydroxyl groups is 7. The van der Waals surface area contributed by atoms with Crippen LogP contribution in [0.25, 0.3) is 0 Å². The summed E-state index contributed by atoms with van der Waals surface area (Å²) in [5.74, 6) is -1.62. The molecule has 0 radical (unpaired) electrons. The molecule has 2 saturated heterocycles. The average molecular weight is 629 g/mol. The van der Waals surface area contributed by atoms with Crippen molar-refractivity contribution in [1.82, 2.24) is 10.4 Å². The number of aliphatic hydroxyl groups excluding tert-OH is 7. The highest BCUT2D eigenvalue weighted by Gasteiger charge is 2.52. The van der Waals surface area contributed by atoms with Crippen molar-refractivity contribution >= 4 is 5.91 Å². The summed E-state index contributed by atoms with van der Waals surface area (Å²) < 4.78 is 23.2. The third kappa shape index (κ3) is 8.54. The lowest BCUT2D eigenvalue weighted by Crippen LogP contribution is -2.68. The molecule has 2 heterocycles. The summed E-state index contributed by atoms with van der Waals surface area (Å²) in [6.45, 7) is -0.807. The molecule has 19 heteroatoms. The molecule has 1 unspecified atom stereocenters. The second-order valence-corrected chi connectivity index (χ2v) is 11.2. The van der Waals surface area contributed by atoms with Crippen molar-refractivity contribution in [3.05, 3.63) is 0 Å². The lowest BCUT2D eigenvalue weighted by molar-refractivity contribution is -0.323. The van der Waals surface area contributed by atoms with E-state index in [2.05, 4.69) is 5.32 Å². The fourth-order valence-corrected chi connectivity index (χ4v) is 5.59. The van der Waals surface area contributed by atoms with Crippen molar-refractivity contribution in [2.75, 3.05) is 39.4 Å². The molecule has 15 atom stereocenters. The van der Waals surface area contributed by atoms with Gasteiger partial charge in [-0.25, -0.2) is 5.06 Å². The highest BCUT2D eigenvalue weighted by Crippen LogP contribution is 2.36. The molecule has 3 aliphatic rings. The van der Waals surface area contributed by atoms with E-state index in [-0.39, 0.29) is 45.6 Å². The van der Waals surface area contributed by atoms with E-state index >= 15 is 0 Å². The van der Waals surface area contributed by atoms with Crippen LogP contribution in [0.1, 0.15) is 12.8 Å². The third-order valence-electron chi connectivity index (χ3n) is 8.10. The van der Waals surface area contributed by atoms with Crippen LogP contribution >= 0.6 is 0 Å². The number of rotatable bonds is 13. The molecule has 0 aromatic rings. The van der Waals surface area contributed by atoms with Crippen molar-refractivity contribution in [3.63, 3.8) is 0 Å². The van der Waals surface area contributed by atoms with Crippen molar-refractivity contribution < 1.29 is 64.7 Å². The van der Waals surface area contributed by atoms with E-state index in [0.29, 0.717) is 5.06 Å². The third-order valence-corrected chi connectivity index (χ3v) is 8.10. The predicted molar refractivity (Wildman–Crippen MR) is 143 cm³/mol. The van der Waals surface area contributed by atoms with Gasteiger partial charge in [-0.3, -0.25) is 10.0 Å². The first-order chi connectivity index (χ1) is 20.4. The van der Waals surface area contributed by atoms with Gasteiger partial charge in [0.1, 0.15) is 48.8 Å². The molecule has 3 rings (SSSR count). The standard InChI is InChI=1S/C24H48N6O13/c25-1-3-30(39)13(33)6-9-5-10(26)22(43-23-15(28)18(36)17(35)11(40-23)7-29-2-4-31)20(38)21(9)42-24-19(37)14(27)16(34)12(8-32)41-24/h9-12,14-24,29,31-32,34-39H,1-8,25-28H2/t9-,10-,11+,12+,14-,15+,16+,17+,18+,19+,20+,21-,22?,23+,24+/m0/s1. The van der Waals surface area contributed by atoms with E-state index in [4.69, 9.17) is 47.0 Å². The number of hydroxylamine groups is 2. The maximum atomic E-state index is 12.7. The van der Waals surface area contributed by atoms with Crippen molar-refractivity contribution in [2.45, 2.75) is 98.5 Å². The highest BCUT2D eigenvalue weighted by molar-refractivity contribution is 5.75. The van der Waals surface area contributed by atoms with Crippen LogP contribution in [0.15, 0.2) is 0 Å². The Balaban J connectivity index is 1.83. The molecule has 1 aliphatic carbocycles. The molecule has 1 saturated carbocycles. The average Bonchev–Trinajstić information content (AvgIpc) is 2.97. The number of hydrogen-bond donors (Lipinski definition) is 13. The molecule has 43 heavy (non-hydrogen) atoms. The maximum Gasteiger partial charge on any atom is 0.246 e. The van der Waals surface area contributed by atoms with Crippen LogP contribution in [-0.2, 0) is 23.7 Å². The molecule has 0 spiro atoms. The Morgan fingerprint density at radius 2 is 1.51 bits per heavy atom. The Morgan fingerprint density at radius 3 is 2.14 bits per heavy atom. The van der Waals surface area contributed by atoms with Gasteiger partial charge in [-0.15, -0.1) is 0 Å². The fraction of sp³-hybridized carbons (Fsp3) is 0.958. The summed E-state index contributed by atoms with van der Waals surface area (Å²) in [5, 5.41) is 85.2. The molecule has 1 amide bonds. The SMILES string of the molecule is NCCN(O)C(=O)C[C@@H]1C[C@H](N)C(O[C@H]2O[C@H](CNCCO)[C@@H](O)[C@H](O)[C@H]2N)[C@H](O)[C@H]1O[C@H]1O[C@H](CO)[C@@H](O)[C@H](N)[C@H]1O. The largest absolute Gasteiger partial charge is 0.395 e. The van der Waals surface area contributed by atoms with Crippen LogP contribution in [0.3, 0.4) is 0 Å². The summed E-state index contributed by atoms with van der Waals surface area (Å²) in [5.41, 5.74) is 23.8. The van der Waals surface area contributed by atoms with Crippen LogP contribution in [0.2, 0.25) is 0 Å². The minimum absolute atomic E-state index is 0.0194. The summed E-state index contributed by atoms with van der Waals surface area (Å²) in [6.07, 6.45) is -15.8. The van der Waals surface area contributed by atoms with Crippen molar-refractivity contribution in [1.29, 1.82) is 0 Å². The lowest BCUT2D eigenvalue weighted by Gasteiger charge is -2.49. The van der Waals surface area contributed by atoms with Gasteiger partial charge in [-0.05, 0) is 12.3 Å². The monoisotopic (exact) mass is 628 g/mol. The molecule has 19 nitrogen and oxygen atoms in total. The normalized spacial score (nSPS) is 43.9. The summed E-state index contributed by atoms with van der Waals surface area (Å²) in [4.78, 5) is 12.7. The summed E-state index contributed by atoms with van der Waals surface area (Å²) in [7, 11) is 0. The Morgan fingerprint density at radius 1 is 0.860 bits per heavy atom. The topological polar surface area (TPSA) is 335 Å². The van der Waals surface area contributed by atoms with Crippen molar-refractivity contribution in [3.8, 4) is 0 Å². The molecular weight excluding hydrogens is 580 g/mol. The Kier molecular flexibility index (Phi) is 13.8. The second kappa shape index (κ2) is 16.4. The molecule has 17 N–H and O–H groups in total. The van der Waals surface area contributed by atoms with E-state index in [9.17, 15) is 40.6 Å². The number of carbonyl (C=O) groups is 1. The summed E-state index contributed by atoms with van der Waals surface area (Å²) in [6, 6.07) is -3.53. The van der Waals surface area contributed by atoms with Gasteiger partial charge >= 0.3 is 0 Å². The number of nitrogens with zero attached hydrogens (tertiary/aromatic N) is 1. The number of nitrogens with one attached hydrogen (secondary N) is 1. The van der Waals surface area contributed by atoms with Crippen LogP contribution < -0.4 is 28.3 Å². The quantitative estimate of drug-likeness (QED) is 0.0511. The van der Waals surface area contributed by atoms with Gasteiger partial charge in [0.25, 0.3) is 0 Å². The molecule has 252 valence electrons. The predicted octanol–water partition coefficient (Wildman–Crippen LogP) is -7.85. The molecule has 3 fully saturated rings. The van der Waals surface area contributed by atoms with Gasteiger partial charge in [0.15, 0.2) is 12.6 Å². The zero-order chi connectivity index (χ0) is 32.0. The molecule has 0 bridgehead atoms. The number of amides is 1. The number of nitrogens with two attached hydrogens (primary N) is 4. The molecule has 0 aromatic carbocycles. The van der Waals surface area contributed by atoms with E-state index < -0.39 is 104 Å². The second-order valence-electron chi connectivity index (χ2n) is 11.2. The van der Waals surface area contributed by atoms with E-state index in [1.165, 1.54) is 0 Å². The number of hydrogen-bond acceptors (Lipinski definition) is 18. The van der Waals surface area contributed by atoms with Crippen LogP contribution in [0, 0.1) is 5.92 Å². The van der Waals surface area contributed by atoms with Gasteiger partial charge in [-0.2, -0.15) is 0 Å². The lowest BCUT2D eigenvalue weighted by atomic mass is 9.77. The Labute approximate surface area is 248 Å². The minimum Gasteiger partial charge on any atom is -0.395 e. The molecular formula is C24H48N6O13. The summed E-state index contributed by atoms with van der Waals surface area (Å²) >= 11 is 0. The zero-order valence-corrected chi connectivity index (χ0v) is 23.7. The minimum atomic E-state index is -1.64. The van der Waals surface area contributed by atoms with Crippen molar-refractivity contribution in [2.24, 2.45) is 28.9 Å². The van der Waals surface area contributed by atoms with E-state index in [1.807, 2.05) is 0 Å². The number of carbonyl (C=O) groups excluding carboxylic acids is 1. The van der Waals surface area contributed by atoms with Gasteiger partial charge in [0.2, 0.25) is 5.91 Å². The number of ether oxygens (including phenoxy) is 4. The first-order valence-corrected chi connectivity index (χ1v) is 14.3. The Bertz CT molecular complexity index is 867. The zero-order valence-electron chi connectivity index (χ0n) is 23.7. The molecule has 2 aliphatic heterocycles. The van der Waals surface area contributed by atoms with E-state index in [1.54, 1.807) is 0 Å². The Hall–Kier alpha value is -1.21. The van der Waals surface area contributed by atoms with Gasteiger partial charge < -0.3 is 82.9 Å². The van der Waals surface area contributed by atoms with Gasteiger partial charge in [-0.1, -0.05) is 0 Å². The smallest absolute Gasteiger partial charge is 0.246 e. The van der Waals surface area contributed by atoms with Crippen LogP contribution in [-0.4, -0.2) is 177 Å². The van der Waals surface area contributed by atoms with E-state index in [0.717, 1.165) is 0 Å². The first kappa shape index (κ1) is 36.3. The van der Waals surface area contributed by atoms with Gasteiger partial charge in [0.05, 0.1) is 37.9 Å². The first-order valence-electron chi connectivity index (χ1n) is 14.3. The highest BCUT2D eigenvalue weighted by atomic mass is 16.7.